The molecule has 1 saturated heterocycles. The SMILES string of the molecule is CC(=O)N1C[C@H](C)N(c2cc(-c3cc(C(F)(F)F)c4c(N)ncnn34)ccc2C#N)C(=O)C1(C)C. The summed E-state index contributed by atoms with van der Waals surface area (Å²) in [5.74, 6) is -1.01. The van der Waals surface area contributed by atoms with Gasteiger partial charge < -0.3 is 15.5 Å². The Morgan fingerprint density at radius 3 is 2.57 bits per heavy atom. The molecule has 4 rings (SSSR count). The summed E-state index contributed by atoms with van der Waals surface area (Å²) in [4.78, 5) is 32.2. The quantitative estimate of drug-likeness (QED) is 0.595. The van der Waals surface area contributed by atoms with Crippen molar-refractivity contribution in [3.8, 4) is 17.3 Å². The normalized spacial score (nSPS) is 18.1. The summed E-state index contributed by atoms with van der Waals surface area (Å²) < 4.78 is 42.3. The van der Waals surface area contributed by atoms with Crippen molar-refractivity contribution >= 4 is 28.8 Å². The van der Waals surface area contributed by atoms with E-state index in [2.05, 4.69) is 10.1 Å². The van der Waals surface area contributed by atoms with Gasteiger partial charge in [0.05, 0.1) is 28.6 Å². The smallest absolute Gasteiger partial charge is 0.382 e. The van der Waals surface area contributed by atoms with Crippen LogP contribution < -0.4 is 10.6 Å². The van der Waals surface area contributed by atoms with Crippen molar-refractivity contribution < 1.29 is 22.8 Å². The van der Waals surface area contributed by atoms with Gasteiger partial charge >= 0.3 is 6.18 Å². The summed E-state index contributed by atoms with van der Waals surface area (Å²) in [6.07, 6.45) is -3.67. The van der Waals surface area contributed by atoms with Crippen LogP contribution in [0, 0.1) is 11.3 Å². The van der Waals surface area contributed by atoms with Crippen LogP contribution >= 0.6 is 0 Å². The molecule has 1 fully saturated rings. The Morgan fingerprint density at radius 1 is 1.29 bits per heavy atom. The van der Waals surface area contributed by atoms with Crippen LogP contribution in [0.4, 0.5) is 24.7 Å². The molecule has 3 heterocycles. The Balaban J connectivity index is 1.92. The summed E-state index contributed by atoms with van der Waals surface area (Å²) >= 11 is 0. The molecule has 1 atom stereocenters. The fraction of sp³-hybridized carbons (Fsp3) is 0.348. The first kappa shape index (κ1) is 24.0. The average Bonchev–Trinajstić information content (AvgIpc) is 3.18. The number of aromatic nitrogens is 3. The number of nitriles is 1. The number of fused-ring (bicyclic) bond motifs is 1. The van der Waals surface area contributed by atoms with Crippen LogP contribution in [-0.2, 0) is 15.8 Å². The van der Waals surface area contributed by atoms with Crippen LogP contribution in [-0.4, -0.2) is 49.4 Å². The third-order valence-corrected chi connectivity index (χ3v) is 6.25. The number of nitrogens with two attached hydrogens (primary N) is 1. The first-order chi connectivity index (χ1) is 16.3. The largest absolute Gasteiger partial charge is 0.418 e. The van der Waals surface area contributed by atoms with Crippen LogP contribution in [0.1, 0.15) is 38.8 Å². The molecule has 2 N–H and O–H groups in total. The maximum absolute atomic E-state index is 13.8. The summed E-state index contributed by atoms with van der Waals surface area (Å²) in [6.45, 7) is 6.56. The van der Waals surface area contributed by atoms with Crippen molar-refractivity contribution in [1.82, 2.24) is 19.5 Å². The molecule has 0 bridgehead atoms. The number of hydrogen-bond donors (Lipinski definition) is 1. The van der Waals surface area contributed by atoms with Gasteiger partial charge in [0.15, 0.2) is 5.82 Å². The highest BCUT2D eigenvalue weighted by atomic mass is 19.4. The minimum Gasteiger partial charge on any atom is -0.382 e. The molecule has 0 unspecified atom stereocenters. The van der Waals surface area contributed by atoms with Crippen molar-refractivity contribution in [1.29, 1.82) is 5.26 Å². The number of amides is 2. The van der Waals surface area contributed by atoms with Crippen molar-refractivity contribution in [2.45, 2.75) is 45.5 Å². The Kier molecular flexibility index (Phi) is 5.47. The topological polar surface area (TPSA) is 121 Å². The van der Waals surface area contributed by atoms with E-state index in [1.54, 1.807) is 20.8 Å². The molecule has 2 aromatic heterocycles. The number of anilines is 2. The number of carbonyl (C=O) groups is 2. The van der Waals surface area contributed by atoms with Crippen LogP contribution in [0.25, 0.3) is 16.8 Å². The third kappa shape index (κ3) is 3.73. The van der Waals surface area contributed by atoms with Crippen molar-refractivity contribution in [2.75, 3.05) is 17.2 Å². The van der Waals surface area contributed by atoms with E-state index in [1.807, 2.05) is 6.07 Å². The van der Waals surface area contributed by atoms with E-state index >= 15 is 0 Å². The molecule has 0 spiro atoms. The van der Waals surface area contributed by atoms with E-state index in [1.165, 1.54) is 34.9 Å². The maximum atomic E-state index is 13.8. The second kappa shape index (κ2) is 7.97. The fourth-order valence-corrected chi connectivity index (χ4v) is 4.53. The number of piperazine rings is 1. The highest BCUT2D eigenvalue weighted by Gasteiger charge is 2.47. The number of rotatable bonds is 2. The van der Waals surface area contributed by atoms with Crippen molar-refractivity contribution in [2.24, 2.45) is 0 Å². The first-order valence-electron chi connectivity index (χ1n) is 10.6. The number of carbonyl (C=O) groups excluding carboxylic acids is 2. The van der Waals surface area contributed by atoms with Gasteiger partial charge in [-0.2, -0.15) is 23.5 Å². The number of alkyl halides is 3. The summed E-state index contributed by atoms with van der Waals surface area (Å²) in [7, 11) is 0. The fourth-order valence-electron chi connectivity index (χ4n) is 4.53. The minimum absolute atomic E-state index is 0.0638. The van der Waals surface area contributed by atoms with E-state index in [4.69, 9.17) is 5.73 Å². The molecular formula is C23H22F3N7O2. The minimum atomic E-state index is -4.71. The van der Waals surface area contributed by atoms with E-state index in [-0.39, 0.29) is 46.3 Å². The standard InChI is InChI=1S/C23H22F3N7O2/c1-12-10-31(13(2)34)22(3,4)21(35)32(12)17-7-14(5-6-15(17)9-27)18-8-16(23(24,25)26)19-20(28)29-11-30-33(18)19/h5-8,11-12H,10H2,1-4H3,(H2,28,29,30)/t12-/m0/s1. The lowest BCUT2D eigenvalue weighted by molar-refractivity contribution is -0.146. The number of halogens is 3. The Morgan fingerprint density at radius 2 is 1.97 bits per heavy atom. The van der Waals surface area contributed by atoms with Gasteiger partial charge in [0, 0.05) is 19.0 Å². The molecule has 1 aliphatic heterocycles. The Labute approximate surface area is 198 Å². The summed E-state index contributed by atoms with van der Waals surface area (Å²) in [5, 5.41) is 13.7. The van der Waals surface area contributed by atoms with Gasteiger partial charge in [0.2, 0.25) is 5.91 Å². The second-order valence-corrected chi connectivity index (χ2v) is 8.90. The van der Waals surface area contributed by atoms with E-state index < -0.39 is 29.2 Å². The van der Waals surface area contributed by atoms with Gasteiger partial charge in [-0.05, 0) is 39.0 Å². The Hall–Kier alpha value is -4.14. The van der Waals surface area contributed by atoms with Crippen LogP contribution in [0.5, 0.6) is 0 Å². The molecule has 3 aromatic rings. The molecule has 0 saturated carbocycles. The highest BCUT2D eigenvalue weighted by Crippen LogP contribution is 2.40. The average molecular weight is 485 g/mol. The molecule has 182 valence electrons. The van der Waals surface area contributed by atoms with Crippen molar-refractivity contribution in [3.63, 3.8) is 0 Å². The lowest BCUT2D eigenvalue weighted by Crippen LogP contribution is -2.67. The van der Waals surface area contributed by atoms with Crippen LogP contribution in [0.2, 0.25) is 0 Å². The van der Waals surface area contributed by atoms with Crippen LogP contribution in [0.15, 0.2) is 30.6 Å². The van der Waals surface area contributed by atoms with E-state index in [0.717, 1.165) is 16.9 Å². The molecule has 2 amide bonds. The molecule has 1 aromatic carbocycles. The molecule has 1 aliphatic rings. The zero-order valence-electron chi connectivity index (χ0n) is 19.4. The van der Waals surface area contributed by atoms with Gasteiger partial charge in [-0.3, -0.25) is 9.59 Å². The first-order valence-corrected chi connectivity index (χ1v) is 10.6. The highest BCUT2D eigenvalue weighted by molar-refractivity contribution is 6.04. The third-order valence-electron chi connectivity index (χ3n) is 6.25. The monoisotopic (exact) mass is 485 g/mol. The van der Waals surface area contributed by atoms with E-state index in [9.17, 15) is 28.0 Å². The maximum Gasteiger partial charge on any atom is 0.418 e. The number of nitrogens with zero attached hydrogens (tertiary/aromatic N) is 6. The summed E-state index contributed by atoms with van der Waals surface area (Å²) in [5.41, 5.74) is 3.90. The molecule has 35 heavy (non-hydrogen) atoms. The predicted octanol–water partition coefficient (Wildman–Crippen LogP) is 3.23. The second-order valence-electron chi connectivity index (χ2n) is 8.90. The van der Waals surface area contributed by atoms with Crippen LogP contribution in [0.3, 0.4) is 0 Å². The summed E-state index contributed by atoms with van der Waals surface area (Å²) in [6, 6.07) is 6.86. The lowest BCUT2D eigenvalue weighted by atomic mass is 9.93. The van der Waals surface area contributed by atoms with Gasteiger partial charge in [-0.25, -0.2) is 9.50 Å². The van der Waals surface area contributed by atoms with Gasteiger partial charge in [-0.15, -0.1) is 0 Å². The molecular weight excluding hydrogens is 463 g/mol. The zero-order chi connectivity index (χ0) is 25.9. The number of nitrogen functional groups attached to an aromatic ring is 1. The molecule has 0 aliphatic carbocycles. The molecule has 12 heteroatoms. The van der Waals surface area contributed by atoms with Gasteiger partial charge in [0.1, 0.15) is 23.5 Å². The predicted molar refractivity (Wildman–Crippen MR) is 121 cm³/mol. The van der Waals surface area contributed by atoms with Crippen molar-refractivity contribution in [3.05, 3.63) is 41.7 Å². The van der Waals surface area contributed by atoms with E-state index in [0.29, 0.717) is 0 Å². The van der Waals surface area contributed by atoms with Gasteiger partial charge in [0.25, 0.3) is 5.91 Å². The van der Waals surface area contributed by atoms with Gasteiger partial charge in [-0.1, -0.05) is 6.07 Å². The molecule has 9 nitrogen and oxygen atoms in total. The number of benzene rings is 1. The Bertz CT molecular complexity index is 1400. The lowest BCUT2D eigenvalue weighted by Gasteiger charge is -2.49. The zero-order valence-corrected chi connectivity index (χ0v) is 19.4. The number of hydrogen-bond acceptors (Lipinski definition) is 6. The molecule has 0 radical (unpaired) electrons.